The summed E-state index contributed by atoms with van der Waals surface area (Å²) in [6, 6.07) is 0. The summed E-state index contributed by atoms with van der Waals surface area (Å²) in [6.07, 6.45) is 6.26. The molecule has 0 fully saturated rings. The molecule has 0 aliphatic carbocycles. The number of aromatic nitrogens is 2. The van der Waals surface area contributed by atoms with Gasteiger partial charge in [0, 0.05) is 6.20 Å². The number of nitrogens with zero attached hydrogens (tertiary/aromatic N) is 3. The number of rotatable bonds is 4. The molecule has 0 unspecified atom stereocenters. The van der Waals surface area contributed by atoms with Crippen LogP contribution in [-0.4, -0.2) is 22.4 Å². The lowest BCUT2D eigenvalue weighted by Crippen LogP contribution is -2.00. The van der Waals surface area contributed by atoms with Gasteiger partial charge in [-0.25, -0.2) is 9.79 Å². The molecule has 64 valence electrons. The van der Waals surface area contributed by atoms with Crippen LogP contribution < -0.4 is 0 Å². The summed E-state index contributed by atoms with van der Waals surface area (Å²) >= 11 is 0. The van der Waals surface area contributed by atoms with Crippen molar-refractivity contribution in [3.05, 3.63) is 18.0 Å². The third kappa shape index (κ3) is 2.32. The van der Waals surface area contributed by atoms with Crippen LogP contribution in [-0.2, 0) is 17.8 Å². The molecule has 1 rings (SSSR count). The Bertz CT molecular complexity index is 286. The maximum absolute atomic E-state index is 9.74. The van der Waals surface area contributed by atoms with Crippen LogP contribution in [0.1, 0.15) is 12.5 Å². The van der Waals surface area contributed by atoms with E-state index in [1.54, 1.807) is 4.68 Å². The lowest BCUT2D eigenvalue weighted by atomic mass is 10.3. The van der Waals surface area contributed by atoms with Crippen LogP contribution in [0.15, 0.2) is 17.4 Å². The molecule has 0 saturated carbocycles. The molecule has 0 atom stereocenters. The minimum Gasteiger partial charge on any atom is -0.271 e. The molecule has 0 N–H and O–H groups in total. The molecule has 0 radical (unpaired) electrons. The van der Waals surface area contributed by atoms with Crippen molar-refractivity contribution < 1.29 is 4.79 Å². The number of isocyanates is 1. The fraction of sp³-hybridized carbons (Fsp3) is 0.500. The molecule has 4 nitrogen and oxygen atoms in total. The number of aryl methyl sites for hydroxylation is 1. The first-order valence-corrected chi connectivity index (χ1v) is 3.91. The second kappa shape index (κ2) is 4.46. The van der Waals surface area contributed by atoms with Crippen LogP contribution in [0.2, 0.25) is 0 Å². The van der Waals surface area contributed by atoms with Gasteiger partial charge in [0.1, 0.15) is 0 Å². The Labute approximate surface area is 70.9 Å². The first-order chi connectivity index (χ1) is 5.86. The molecule has 0 saturated heterocycles. The van der Waals surface area contributed by atoms with Crippen molar-refractivity contribution in [1.82, 2.24) is 9.78 Å². The van der Waals surface area contributed by atoms with Crippen molar-refractivity contribution in [2.24, 2.45) is 4.99 Å². The third-order valence-corrected chi connectivity index (χ3v) is 1.60. The fourth-order valence-corrected chi connectivity index (χ4v) is 0.909. The molecule has 1 heterocycles. The predicted octanol–water partition coefficient (Wildman–Crippen LogP) is 0.781. The maximum atomic E-state index is 9.74. The zero-order valence-corrected chi connectivity index (χ0v) is 7.03. The van der Waals surface area contributed by atoms with E-state index in [1.807, 2.05) is 12.4 Å². The average Bonchev–Trinajstić information content (AvgIpc) is 2.53. The molecule has 1 aromatic heterocycles. The molecule has 0 aliphatic heterocycles. The van der Waals surface area contributed by atoms with E-state index in [4.69, 9.17) is 0 Å². The molecular weight excluding hydrogens is 154 g/mol. The van der Waals surface area contributed by atoms with Gasteiger partial charge in [-0.2, -0.15) is 5.10 Å². The van der Waals surface area contributed by atoms with Crippen molar-refractivity contribution in [2.75, 3.05) is 6.54 Å². The smallest absolute Gasteiger partial charge is 0.235 e. The Morgan fingerprint density at radius 2 is 2.58 bits per heavy atom. The molecule has 0 aromatic carbocycles. The molecule has 4 heteroatoms. The van der Waals surface area contributed by atoms with Gasteiger partial charge in [0.15, 0.2) is 0 Å². The summed E-state index contributed by atoms with van der Waals surface area (Å²) in [7, 11) is 0. The first-order valence-electron chi connectivity index (χ1n) is 3.91. The number of hydrogen-bond acceptors (Lipinski definition) is 3. The van der Waals surface area contributed by atoms with Crippen LogP contribution in [0, 0.1) is 0 Å². The Morgan fingerprint density at radius 1 is 1.75 bits per heavy atom. The van der Waals surface area contributed by atoms with Crippen molar-refractivity contribution >= 4 is 6.08 Å². The van der Waals surface area contributed by atoms with Crippen LogP contribution in [0.3, 0.4) is 0 Å². The van der Waals surface area contributed by atoms with Crippen molar-refractivity contribution in [3.63, 3.8) is 0 Å². The minimum atomic E-state index is 0.453. The second-order valence-electron chi connectivity index (χ2n) is 2.44. The number of aliphatic imine (C=N–C) groups is 1. The van der Waals surface area contributed by atoms with Crippen LogP contribution in [0.25, 0.3) is 0 Å². The average molecular weight is 165 g/mol. The Balaban J connectivity index is 2.46. The van der Waals surface area contributed by atoms with Gasteiger partial charge in [0.2, 0.25) is 6.08 Å². The van der Waals surface area contributed by atoms with Gasteiger partial charge in [-0.15, -0.1) is 0 Å². The summed E-state index contributed by atoms with van der Waals surface area (Å²) in [5.74, 6) is 0. The second-order valence-corrected chi connectivity index (χ2v) is 2.44. The van der Waals surface area contributed by atoms with Gasteiger partial charge in [-0.1, -0.05) is 6.92 Å². The summed E-state index contributed by atoms with van der Waals surface area (Å²) in [6.45, 7) is 3.18. The molecule has 12 heavy (non-hydrogen) atoms. The quantitative estimate of drug-likeness (QED) is 0.489. The van der Waals surface area contributed by atoms with E-state index in [0.717, 1.165) is 6.42 Å². The summed E-state index contributed by atoms with van der Waals surface area (Å²) in [5.41, 5.74) is 1.20. The Kier molecular flexibility index (Phi) is 3.23. The SMILES string of the molecule is CCc1cnn(CCN=C=O)c1. The largest absolute Gasteiger partial charge is 0.271 e. The van der Waals surface area contributed by atoms with E-state index in [2.05, 4.69) is 17.0 Å². The van der Waals surface area contributed by atoms with E-state index in [9.17, 15) is 4.79 Å². The number of hydrogen-bond donors (Lipinski definition) is 0. The van der Waals surface area contributed by atoms with Gasteiger partial charge >= 0.3 is 0 Å². The predicted molar refractivity (Wildman–Crippen MR) is 44.6 cm³/mol. The Morgan fingerprint density at radius 3 is 3.17 bits per heavy atom. The highest BCUT2D eigenvalue weighted by Gasteiger charge is 1.94. The highest BCUT2D eigenvalue weighted by atomic mass is 16.1. The van der Waals surface area contributed by atoms with Crippen LogP contribution in [0.4, 0.5) is 0 Å². The maximum Gasteiger partial charge on any atom is 0.235 e. The zero-order valence-electron chi connectivity index (χ0n) is 7.03. The van der Waals surface area contributed by atoms with Crippen molar-refractivity contribution in [1.29, 1.82) is 0 Å². The van der Waals surface area contributed by atoms with E-state index in [-0.39, 0.29) is 0 Å². The molecule has 0 spiro atoms. The molecule has 1 aromatic rings. The zero-order chi connectivity index (χ0) is 8.81. The van der Waals surface area contributed by atoms with Gasteiger partial charge < -0.3 is 0 Å². The lowest BCUT2D eigenvalue weighted by Gasteiger charge is -1.93. The summed E-state index contributed by atoms with van der Waals surface area (Å²) in [5, 5.41) is 4.09. The highest BCUT2D eigenvalue weighted by molar-refractivity contribution is 5.32. The summed E-state index contributed by atoms with van der Waals surface area (Å²) in [4.78, 5) is 13.2. The van der Waals surface area contributed by atoms with Gasteiger partial charge in [-0.05, 0) is 12.0 Å². The molecular formula is C8H11N3O. The standard InChI is InChI=1S/C8H11N3O/c1-2-8-5-10-11(6-8)4-3-9-7-12/h5-6H,2-4H2,1H3. The monoisotopic (exact) mass is 165 g/mol. The van der Waals surface area contributed by atoms with E-state index < -0.39 is 0 Å². The van der Waals surface area contributed by atoms with Crippen molar-refractivity contribution in [3.8, 4) is 0 Å². The third-order valence-electron chi connectivity index (χ3n) is 1.60. The number of carbonyl (C=O) groups excluding carboxylic acids is 1. The van der Waals surface area contributed by atoms with Gasteiger partial charge in [-0.3, -0.25) is 4.68 Å². The van der Waals surface area contributed by atoms with Gasteiger partial charge in [0.05, 0.1) is 19.3 Å². The summed E-state index contributed by atoms with van der Waals surface area (Å²) < 4.78 is 1.78. The van der Waals surface area contributed by atoms with Crippen molar-refractivity contribution in [2.45, 2.75) is 19.9 Å². The lowest BCUT2D eigenvalue weighted by molar-refractivity contribution is 0.558. The van der Waals surface area contributed by atoms with Gasteiger partial charge in [0.25, 0.3) is 0 Å². The molecule has 0 amide bonds. The Hall–Kier alpha value is -1.41. The van der Waals surface area contributed by atoms with Crippen LogP contribution in [0.5, 0.6) is 0 Å². The first kappa shape index (κ1) is 8.68. The molecule has 0 bridgehead atoms. The van der Waals surface area contributed by atoms with E-state index in [0.29, 0.717) is 13.1 Å². The highest BCUT2D eigenvalue weighted by Crippen LogP contribution is 1.97. The van der Waals surface area contributed by atoms with Crippen LogP contribution >= 0.6 is 0 Å². The fourth-order valence-electron chi connectivity index (χ4n) is 0.909. The topological polar surface area (TPSA) is 47.2 Å². The van der Waals surface area contributed by atoms with E-state index in [1.165, 1.54) is 11.6 Å². The minimum absolute atomic E-state index is 0.453. The van der Waals surface area contributed by atoms with E-state index >= 15 is 0 Å². The normalized spacial score (nSPS) is 9.42. The molecule has 0 aliphatic rings.